The predicted octanol–water partition coefficient (Wildman–Crippen LogP) is 1.69. The van der Waals surface area contributed by atoms with Crippen molar-refractivity contribution in [2.45, 2.75) is 19.1 Å². The van der Waals surface area contributed by atoms with Gasteiger partial charge in [-0.3, -0.25) is 20.4 Å². The molecule has 2 aromatic rings. The Balaban J connectivity index is 1.63. The Hall–Kier alpha value is -3.42. The summed E-state index contributed by atoms with van der Waals surface area (Å²) in [4.78, 5) is 24.7. The molecule has 0 fully saturated rings. The van der Waals surface area contributed by atoms with Gasteiger partial charge < -0.3 is 18.9 Å². The van der Waals surface area contributed by atoms with E-state index in [-0.39, 0.29) is 0 Å². The molecule has 2 atom stereocenters. The number of hydrogen-bond donors (Lipinski definition) is 2. The highest BCUT2D eigenvalue weighted by Gasteiger charge is 2.34. The average molecular weight is 372 g/mol. The Morgan fingerprint density at radius 1 is 0.926 bits per heavy atom. The molecule has 0 aliphatic carbocycles. The summed E-state index contributed by atoms with van der Waals surface area (Å²) in [6.45, 7) is 1.72. The molecule has 0 spiro atoms. The summed E-state index contributed by atoms with van der Waals surface area (Å²) in [5.74, 6) is 0.925. The van der Waals surface area contributed by atoms with Gasteiger partial charge in [-0.2, -0.15) is 0 Å². The molecule has 27 heavy (non-hydrogen) atoms. The molecule has 0 radical (unpaired) electrons. The minimum Gasteiger partial charge on any atom is -0.493 e. The molecule has 8 heteroatoms. The number of hydrogen-bond acceptors (Lipinski definition) is 6. The van der Waals surface area contributed by atoms with E-state index in [0.29, 0.717) is 28.6 Å². The van der Waals surface area contributed by atoms with Gasteiger partial charge in [0.2, 0.25) is 6.10 Å². The highest BCUT2D eigenvalue weighted by atomic mass is 16.6. The molecule has 0 bridgehead atoms. The Morgan fingerprint density at radius 3 is 2.26 bits per heavy atom. The van der Waals surface area contributed by atoms with Gasteiger partial charge in [-0.25, -0.2) is 0 Å². The Labute approximate surface area is 156 Å². The maximum Gasteiger partial charge on any atom is 0.283 e. The Morgan fingerprint density at radius 2 is 1.59 bits per heavy atom. The van der Waals surface area contributed by atoms with Gasteiger partial charge in [0.15, 0.2) is 23.0 Å². The van der Waals surface area contributed by atoms with Crippen LogP contribution in [0.4, 0.5) is 0 Å². The van der Waals surface area contributed by atoms with Crippen molar-refractivity contribution in [3.8, 4) is 23.0 Å². The summed E-state index contributed by atoms with van der Waals surface area (Å²) in [6.07, 6.45) is -1.41. The summed E-state index contributed by atoms with van der Waals surface area (Å²) in [5, 5.41) is 0. The van der Waals surface area contributed by atoms with Crippen LogP contribution in [-0.4, -0.2) is 38.2 Å². The normalized spacial score (nSPS) is 17.6. The summed E-state index contributed by atoms with van der Waals surface area (Å²) < 4.78 is 21.7. The van der Waals surface area contributed by atoms with Crippen LogP contribution in [0.5, 0.6) is 23.0 Å². The first-order valence-electron chi connectivity index (χ1n) is 8.28. The zero-order chi connectivity index (χ0) is 19.4. The molecule has 2 N–H and O–H groups in total. The number of benzene rings is 2. The first-order chi connectivity index (χ1) is 13.0. The smallest absolute Gasteiger partial charge is 0.283 e. The SMILES string of the molecule is COc1ccc(C(=O)NNC(=O)C2Oc3ccccc3OC2C)cc1OC. The van der Waals surface area contributed by atoms with Crippen molar-refractivity contribution in [1.29, 1.82) is 0 Å². The van der Waals surface area contributed by atoms with Crippen molar-refractivity contribution < 1.29 is 28.5 Å². The highest BCUT2D eigenvalue weighted by molar-refractivity contribution is 5.96. The number of para-hydroxylation sites is 2. The van der Waals surface area contributed by atoms with E-state index >= 15 is 0 Å². The van der Waals surface area contributed by atoms with E-state index in [2.05, 4.69) is 10.9 Å². The molecule has 1 heterocycles. The predicted molar refractivity (Wildman–Crippen MR) is 96.1 cm³/mol. The second-order valence-electron chi connectivity index (χ2n) is 5.82. The van der Waals surface area contributed by atoms with Gasteiger partial charge in [-0.05, 0) is 37.3 Å². The number of carbonyl (C=O) groups is 2. The van der Waals surface area contributed by atoms with Crippen molar-refractivity contribution in [3.63, 3.8) is 0 Å². The Kier molecular flexibility index (Phi) is 5.35. The molecule has 8 nitrogen and oxygen atoms in total. The molecular weight excluding hydrogens is 352 g/mol. The quantitative estimate of drug-likeness (QED) is 0.793. The summed E-state index contributed by atoms with van der Waals surface area (Å²) in [5.41, 5.74) is 5.02. The van der Waals surface area contributed by atoms with Crippen molar-refractivity contribution in [3.05, 3.63) is 48.0 Å². The first kappa shape index (κ1) is 18.4. The van der Waals surface area contributed by atoms with Gasteiger partial charge in [-0.15, -0.1) is 0 Å². The maximum atomic E-state index is 12.4. The second kappa shape index (κ2) is 7.86. The van der Waals surface area contributed by atoms with Crippen LogP contribution in [0.15, 0.2) is 42.5 Å². The number of amides is 2. The average Bonchev–Trinajstić information content (AvgIpc) is 2.70. The van der Waals surface area contributed by atoms with Crippen molar-refractivity contribution in [2.75, 3.05) is 14.2 Å². The van der Waals surface area contributed by atoms with Crippen LogP contribution in [0.1, 0.15) is 17.3 Å². The zero-order valence-electron chi connectivity index (χ0n) is 15.1. The van der Waals surface area contributed by atoms with Crippen LogP contribution in [0.3, 0.4) is 0 Å². The van der Waals surface area contributed by atoms with Gasteiger partial charge in [0.05, 0.1) is 14.2 Å². The molecule has 2 amide bonds. The number of ether oxygens (including phenoxy) is 4. The van der Waals surface area contributed by atoms with Crippen LogP contribution in [0.2, 0.25) is 0 Å². The monoisotopic (exact) mass is 372 g/mol. The fourth-order valence-corrected chi connectivity index (χ4v) is 2.65. The van der Waals surface area contributed by atoms with E-state index in [0.717, 1.165) is 0 Å². The molecule has 1 aliphatic heterocycles. The number of nitrogens with one attached hydrogen (secondary N) is 2. The van der Waals surface area contributed by atoms with Gasteiger partial charge in [0.1, 0.15) is 6.10 Å². The number of methoxy groups -OCH3 is 2. The van der Waals surface area contributed by atoms with Gasteiger partial charge in [0, 0.05) is 5.56 Å². The van der Waals surface area contributed by atoms with Crippen LogP contribution in [-0.2, 0) is 4.79 Å². The maximum absolute atomic E-state index is 12.4. The summed E-state index contributed by atoms with van der Waals surface area (Å²) in [7, 11) is 2.98. The number of fused-ring (bicyclic) bond motifs is 1. The molecule has 3 rings (SSSR count). The lowest BCUT2D eigenvalue weighted by molar-refractivity contribution is -0.134. The van der Waals surface area contributed by atoms with Crippen molar-refractivity contribution >= 4 is 11.8 Å². The third-order valence-corrected chi connectivity index (χ3v) is 4.05. The fourth-order valence-electron chi connectivity index (χ4n) is 2.65. The lowest BCUT2D eigenvalue weighted by Crippen LogP contribution is -2.53. The minimum absolute atomic E-state index is 0.298. The molecule has 2 aromatic carbocycles. The molecule has 0 aromatic heterocycles. The largest absolute Gasteiger partial charge is 0.493 e. The lowest BCUT2D eigenvalue weighted by Gasteiger charge is -2.30. The van der Waals surface area contributed by atoms with Crippen LogP contribution >= 0.6 is 0 Å². The standard InChI is InChI=1S/C19H20N2O6/c1-11-17(27-15-7-5-4-6-14(15)26-11)19(23)21-20-18(22)12-8-9-13(24-2)16(10-12)25-3/h4-11,17H,1-3H3,(H,20,22)(H,21,23). The molecule has 1 aliphatic rings. The van der Waals surface area contributed by atoms with Crippen LogP contribution in [0.25, 0.3) is 0 Å². The van der Waals surface area contributed by atoms with E-state index in [9.17, 15) is 9.59 Å². The molecule has 0 saturated carbocycles. The number of carbonyl (C=O) groups excluding carboxylic acids is 2. The van der Waals surface area contributed by atoms with E-state index in [1.807, 2.05) is 6.07 Å². The van der Waals surface area contributed by atoms with Gasteiger partial charge in [-0.1, -0.05) is 12.1 Å². The first-order valence-corrected chi connectivity index (χ1v) is 8.28. The van der Waals surface area contributed by atoms with Crippen molar-refractivity contribution in [1.82, 2.24) is 10.9 Å². The van der Waals surface area contributed by atoms with Crippen LogP contribution < -0.4 is 29.8 Å². The summed E-state index contributed by atoms with van der Waals surface area (Å²) in [6, 6.07) is 11.8. The van der Waals surface area contributed by atoms with E-state index in [1.54, 1.807) is 37.3 Å². The van der Waals surface area contributed by atoms with E-state index < -0.39 is 24.0 Å². The number of rotatable bonds is 4. The lowest BCUT2D eigenvalue weighted by atomic mass is 10.1. The topological polar surface area (TPSA) is 95.1 Å². The molecule has 142 valence electrons. The number of hydrazine groups is 1. The van der Waals surface area contributed by atoms with E-state index in [4.69, 9.17) is 18.9 Å². The Bertz CT molecular complexity index is 854. The molecular formula is C19H20N2O6. The molecule has 2 unspecified atom stereocenters. The van der Waals surface area contributed by atoms with Gasteiger partial charge in [0.25, 0.3) is 11.8 Å². The summed E-state index contributed by atoms with van der Waals surface area (Å²) >= 11 is 0. The molecule has 0 saturated heterocycles. The minimum atomic E-state index is -0.898. The van der Waals surface area contributed by atoms with Crippen molar-refractivity contribution in [2.24, 2.45) is 0 Å². The third-order valence-electron chi connectivity index (χ3n) is 4.05. The highest BCUT2D eigenvalue weighted by Crippen LogP contribution is 2.33. The van der Waals surface area contributed by atoms with Gasteiger partial charge >= 0.3 is 0 Å². The third kappa shape index (κ3) is 3.89. The second-order valence-corrected chi connectivity index (χ2v) is 5.82. The zero-order valence-corrected chi connectivity index (χ0v) is 15.1. The fraction of sp³-hybridized carbons (Fsp3) is 0.263. The van der Waals surface area contributed by atoms with E-state index in [1.165, 1.54) is 20.3 Å². The van der Waals surface area contributed by atoms with Crippen LogP contribution in [0, 0.1) is 0 Å².